The van der Waals surface area contributed by atoms with Crippen LogP contribution in [0, 0.1) is 0 Å². The number of hydrogen-bond donors (Lipinski definition) is 2. The van der Waals surface area contributed by atoms with Crippen LogP contribution in [0.2, 0.25) is 0 Å². The average molecular weight is 297 g/mol. The molecule has 0 saturated heterocycles. The Kier molecular flexibility index (Phi) is 8.22. The predicted molar refractivity (Wildman–Crippen MR) is 87.7 cm³/mol. The van der Waals surface area contributed by atoms with Crippen LogP contribution in [0.15, 0.2) is 12.3 Å². The third-order valence-electron chi connectivity index (χ3n) is 3.28. The number of aryl methyl sites for hydroxylation is 1. The summed E-state index contributed by atoms with van der Waals surface area (Å²) >= 11 is 5.25. The SMILES string of the molecule is CCN(CC)CCCNC(=S)NCc1ccn(CC)n1. The third-order valence-corrected chi connectivity index (χ3v) is 3.57. The van der Waals surface area contributed by atoms with Gasteiger partial charge in [0.15, 0.2) is 5.11 Å². The second-order valence-electron chi connectivity index (χ2n) is 4.65. The first-order valence-electron chi connectivity index (χ1n) is 7.45. The summed E-state index contributed by atoms with van der Waals surface area (Å²) in [6, 6.07) is 2.01. The first-order chi connectivity index (χ1) is 9.69. The summed E-state index contributed by atoms with van der Waals surface area (Å²) in [5.74, 6) is 0. The lowest BCUT2D eigenvalue weighted by molar-refractivity contribution is 0.300. The maximum absolute atomic E-state index is 5.25. The molecule has 5 nitrogen and oxygen atoms in total. The van der Waals surface area contributed by atoms with Crippen LogP contribution in [0.25, 0.3) is 0 Å². The third kappa shape index (κ3) is 6.34. The van der Waals surface area contributed by atoms with Gasteiger partial charge in [0.1, 0.15) is 0 Å². The molecule has 0 amide bonds. The van der Waals surface area contributed by atoms with Gasteiger partial charge in [-0.1, -0.05) is 13.8 Å². The minimum Gasteiger partial charge on any atom is -0.363 e. The Balaban J connectivity index is 2.11. The Labute approximate surface area is 127 Å². The van der Waals surface area contributed by atoms with Gasteiger partial charge >= 0.3 is 0 Å². The normalized spacial score (nSPS) is 10.8. The van der Waals surface area contributed by atoms with Crippen molar-refractivity contribution in [2.75, 3.05) is 26.2 Å². The van der Waals surface area contributed by atoms with E-state index >= 15 is 0 Å². The van der Waals surface area contributed by atoms with Crippen LogP contribution in [-0.4, -0.2) is 46.0 Å². The maximum atomic E-state index is 5.25. The summed E-state index contributed by atoms with van der Waals surface area (Å²) in [4.78, 5) is 2.41. The van der Waals surface area contributed by atoms with Crippen LogP contribution >= 0.6 is 12.2 Å². The lowest BCUT2D eigenvalue weighted by Gasteiger charge is -2.18. The van der Waals surface area contributed by atoms with E-state index in [1.165, 1.54) is 0 Å². The van der Waals surface area contributed by atoms with Gasteiger partial charge in [-0.2, -0.15) is 5.10 Å². The molecule has 20 heavy (non-hydrogen) atoms. The van der Waals surface area contributed by atoms with Gasteiger partial charge in [0.25, 0.3) is 0 Å². The topological polar surface area (TPSA) is 45.1 Å². The molecule has 0 aromatic carbocycles. The van der Waals surface area contributed by atoms with Gasteiger partial charge in [-0.25, -0.2) is 0 Å². The zero-order valence-electron chi connectivity index (χ0n) is 12.9. The number of rotatable bonds is 9. The number of nitrogens with one attached hydrogen (secondary N) is 2. The van der Waals surface area contributed by atoms with E-state index < -0.39 is 0 Å². The molecule has 0 aliphatic carbocycles. The van der Waals surface area contributed by atoms with Gasteiger partial charge < -0.3 is 15.5 Å². The lowest BCUT2D eigenvalue weighted by Crippen LogP contribution is -2.36. The van der Waals surface area contributed by atoms with E-state index in [9.17, 15) is 0 Å². The van der Waals surface area contributed by atoms with Crippen LogP contribution in [0.5, 0.6) is 0 Å². The van der Waals surface area contributed by atoms with Gasteiger partial charge in [0.05, 0.1) is 12.2 Å². The largest absolute Gasteiger partial charge is 0.363 e. The minimum atomic E-state index is 0.675. The van der Waals surface area contributed by atoms with E-state index in [1.54, 1.807) is 0 Å². The first-order valence-corrected chi connectivity index (χ1v) is 7.86. The summed E-state index contributed by atoms with van der Waals surface area (Å²) in [5, 5.41) is 11.5. The van der Waals surface area contributed by atoms with Crippen LogP contribution in [0.1, 0.15) is 32.9 Å². The molecular weight excluding hydrogens is 270 g/mol. The molecule has 0 radical (unpaired) electrons. The van der Waals surface area contributed by atoms with Crippen molar-refractivity contribution in [3.05, 3.63) is 18.0 Å². The van der Waals surface area contributed by atoms with Crippen molar-refractivity contribution in [3.8, 4) is 0 Å². The number of hydrogen-bond acceptors (Lipinski definition) is 3. The molecule has 1 aromatic heterocycles. The summed E-state index contributed by atoms with van der Waals surface area (Å²) in [5.41, 5.74) is 1.01. The summed E-state index contributed by atoms with van der Waals surface area (Å²) in [7, 11) is 0. The van der Waals surface area contributed by atoms with Crippen molar-refractivity contribution >= 4 is 17.3 Å². The van der Waals surface area contributed by atoms with E-state index in [2.05, 4.69) is 41.4 Å². The van der Waals surface area contributed by atoms with Crippen LogP contribution in [0.4, 0.5) is 0 Å². The lowest BCUT2D eigenvalue weighted by atomic mass is 10.3. The summed E-state index contributed by atoms with van der Waals surface area (Å²) in [6.45, 7) is 12.3. The molecule has 0 unspecified atom stereocenters. The summed E-state index contributed by atoms with van der Waals surface area (Å²) in [6.07, 6.45) is 3.09. The molecule has 0 fully saturated rings. The standard InChI is InChI=1S/C14H27N5S/c1-4-18(5-2)10-7-9-15-14(20)16-12-13-8-11-19(6-3)17-13/h8,11H,4-7,9-10,12H2,1-3H3,(H2,15,16,20). The fourth-order valence-electron chi connectivity index (χ4n) is 1.95. The second-order valence-corrected chi connectivity index (χ2v) is 5.06. The molecule has 1 rings (SSSR count). The highest BCUT2D eigenvalue weighted by Crippen LogP contribution is 1.95. The first kappa shape index (κ1) is 16.9. The Bertz CT molecular complexity index is 387. The second kappa shape index (κ2) is 9.72. The van der Waals surface area contributed by atoms with E-state index in [0.29, 0.717) is 11.7 Å². The number of aromatic nitrogens is 2. The van der Waals surface area contributed by atoms with Gasteiger partial charge in [-0.3, -0.25) is 4.68 Å². The molecule has 0 atom stereocenters. The zero-order valence-corrected chi connectivity index (χ0v) is 13.7. The van der Waals surface area contributed by atoms with E-state index in [-0.39, 0.29) is 0 Å². The van der Waals surface area contributed by atoms with Crippen molar-refractivity contribution in [2.45, 2.75) is 40.3 Å². The summed E-state index contributed by atoms with van der Waals surface area (Å²) < 4.78 is 1.91. The number of thiocarbonyl (C=S) groups is 1. The van der Waals surface area contributed by atoms with Crippen molar-refractivity contribution in [1.29, 1.82) is 0 Å². The highest BCUT2D eigenvalue weighted by molar-refractivity contribution is 7.80. The fourth-order valence-corrected chi connectivity index (χ4v) is 2.13. The van der Waals surface area contributed by atoms with Gasteiger partial charge in [-0.05, 0) is 51.3 Å². The van der Waals surface area contributed by atoms with Crippen molar-refractivity contribution in [3.63, 3.8) is 0 Å². The smallest absolute Gasteiger partial charge is 0.166 e. The highest BCUT2D eigenvalue weighted by atomic mass is 32.1. The molecule has 0 aliphatic rings. The quantitative estimate of drug-likeness (QED) is 0.535. The van der Waals surface area contributed by atoms with Crippen molar-refractivity contribution < 1.29 is 0 Å². The molecule has 2 N–H and O–H groups in total. The van der Waals surface area contributed by atoms with E-state index in [0.717, 1.165) is 44.8 Å². The predicted octanol–water partition coefficient (Wildman–Crippen LogP) is 1.60. The molecule has 0 spiro atoms. The Morgan fingerprint density at radius 3 is 2.65 bits per heavy atom. The van der Waals surface area contributed by atoms with Crippen LogP contribution in [-0.2, 0) is 13.1 Å². The Morgan fingerprint density at radius 2 is 2.05 bits per heavy atom. The molecule has 0 bridgehead atoms. The highest BCUT2D eigenvalue weighted by Gasteiger charge is 2.01. The number of nitrogens with zero attached hydrogens (tertiary/aromatic N) is 3. The molecular formula is C14H27N5S. The van der Waals surface area contributed by atoms with Crippen molar-refractivity contribution in [2.24, 2.45) is 0 Å². The molecule has 6 heteroatoms. The molecule has 0 saturated carbocycles. The van der Waals surface area contributed by atoms with Crippen molar-refractivity contribution in [1.82, 2.24) is 25.3 Å². The van der Waals surface area contributed by atoms with Gasteiger partial charge in [0, 0.05) is 19.3 Å². The van der Waals surface area contributed by atoms with Crippen LogP contribution < -0.4 is 10.6 Å². The van der Waals surface area contributed by atoms with Gasteiger partial charge in [-0.15, -0.1) is 0 Å². The monoisotopic (exact) mass is 297 g/mol. The molecule has 0 aliphatic heterocycles. The minimum absolute atomic E-state index is 0.675. The van der Waals surface area contributed by atoms with E-state index in [4.69, 9.17) is 12.2 Å². The Morgan fingerprint density at radius 1 is 1.30 bits per heavy atom. The molecule has 1 aromatic rings. The zero-order chi connectivity index (χ0) is 14.8. The maximum Gasteiger partial charge on any atom is 0.166 e. The van der Waals surface area contributed by atoms with Crippen LogP contribution in [0.3, 0.4) is 0 Å². The molecule has 114 valence electrons. The average Bonchev–Trinajstić information content (AvgIpc) is 2.93. The fraction of sp³-hybridized carbons (Fsp3) is 0.714. The van der Waals surface area contributed by atoms with Gasteiger partial charge in [0.2, 0.25) is 0 Å². The molecule has 1 heterocycles. The van der Waals surface area contributed by atoms with E-state index in [1.807, 2.05) is 16.9 Å². The Hall–Kier alpha value is -1.14.